The molecule has 2 amide bonds. The van der Waals surface area contributed by atoms with Gasteiger partial charge in [-0.15, -0.1) is 0 Å². The maximum atomic E-state index is 13.6. The number of carbonyl (C=O) groups is 2. The number of nitrogens with zero attached hydrogens (tertiary/aromatic N) is 3. The quantitative estimate of drug-likeness (QED) is 0.565. The van der Waals surface area contributed by atoms with Crippen LogP contribution in [0.15, 0.2) is 40.8 Å². The zero-order chi connectivity index (χ0) is 25.8. The van der Waals surface area contributed by atoms with Crippen molar-refractivity contribution in [2.24, 2.45) is 0 Å². The van der Waals surface area contributed by atoms with Crippen molar-refractivity contribution in [1.82, 2.24) is 14.8 Å². The Labute approximate surface area is 209 Å². The molecular formula is C28H32FN3O4. The molecule has 8 heteroatoms. The molecule has 2 aliphatic rings. The average molecular weight is 494 g/mol. The smallest absolute Gasteiger partial charge is 0.290 e. The Morgan fingerprint density at radius 3 is 2.44 bits per heavy atom. The lowest BCUT2D eigenvalue weighted by Gasteiger charge is -2.47. The summed E-state index contributed by atoms with van der Waals surface area (Å²) in [5.41, 5.74) is 3.05. The monoisotopic (exact) mass is 493 g/mol. The molecule has 7 nitrogen and oxygen atoms in total. The van der Waals surface area contributed by atoms with Crippen LogP contribution in [0.4, 0.5) is 4.39 Å². The predicted molar refractivity (Wildman–Crippen MR) is 134 cm³/mol. The first-order valence-corrected chi connectivity index (χ1v) is 12.5. The van der Waals surface area contributed by atoms with Crippen molar-refractivity contribution in [1.29, 1.82) is 0 Å². The average Bonchev–Trinajstić information content (AvgIpc) is 3.45. The fourth-order valence-corrected chi connectivity index (χ4v) is 5.04. The minimum absolute atomic E-state index is 0.0422. The first-order chi connectivity index (χ1) is 17.0. The molecule has 0 unspecified atom stereocenters. The van der Waals surface area contributed by atoms with Gasteiger partial charge in [0.05, 0.1) is 11.2 Å². The van der Waals surface area contributed by atoms with Crippen LogP contribution >= 0.6 is 0 Å². The highest BCUT2D eigenvalue weighted by molar-refractivity contribution is 5.97. The van der Waals surface area contributed by atoms with Gasteiger partial charge in [0, 0.05) is 36.8 Å². The van der Waals surface area contributed by atoms with Crippen molar-refractivity contribution < 1.29 is 23.5 Å². The van der Waals surface area contributed by atoms with E-state index in [1.54, 1.807) is 34.9 Å². The van der Waals surface area contributed by atoms with E-state index in [-0.39, 0.29) is 28.8 Å². The van der Waals surface area contributed by atoms with E-state index in [9.17, 15) is 19.1 Å². The molecule has 1 aliphatic carbocycles. The minimum atomic E-state index is -1.03. The summed E-state index contributed by atoms with van der Waals surface area (Å²) < 4.78 is 19.7. The first kappa shape index (κ1) is 24.4. The molecule has 3 aromatic rings. The van der Waals surface area contributed by atoms with Gasteiger partial charge < -0.3 is 19.3 Å². The number of pyridine rings is 1. The number of hydrogen-bond acceptors (Lipinski definition) is 5. The van der Waals surface area contributed by atoms with Crippen LogP contribution in [0.25, 0.3) is 22.4 Å². The Bertz CT molecular complexity index is 1330. The second kappa shape index (κ2) is 8.69. The van der Waals surface area contributed by atoms with E-state index in [4.69, 9.17) is 9.40 Å². The van der Waals surface area contributed by atoms with Crippen molar-refractivity contribution in [3.05, 3.63) is 53.5 Å². The summed E-state index contributed by atoms with van der Waals surface area (Å²) in [5.74, 6) is -0.655. The van der Waals surface area contributed by atoms with Gasteiger partial charge in [0.25, 0.3) is 11.8 Å². The molecule has 1 N–H and O–H groups in total. The Morgan fingerprint density at radius 2 is 1.83 bits per heavy atom. The number of fused-ring (bicyclic) bond motifs is 1. The van der Waals surface area contributed by atoms with Gasteiger partial charge in [-0.1, -0.05) is 13.8 Å². The minimum Gasteiger partial charge on any atom is -0.449 e. The number of halogens is 1. The third kappa shape index (κ3) is 4.28. The maximum absolute atomic E-state index is 13.6. The SMILES string of the molecule is CC[C@@H](O)C(=O)N1CCN(C(=O)c2cc3nc(-c4ccc(F)cc4)cc(C4(C)CC4)c3o2)C(C)(C)C1. The molecule has 190 valence electrons. The number of rotatable bonds is 5. The molecule has 36 heavy (non-hydrogen) atoms. The van der Waals surface area contributed by atoms with Crippen molar-refractivity contribution >= 4 is 22.9 Å². The number of benzene rings is 1. The largest absolute Gasteiger partial charge is 0.449 e. The van der Waals surface area contributed by atoms with E-state index >= 15 is 0 Å². The maximum Gasteiger partial charge on any atom is 0.290 e. The fourth-order valence-electron chi connectivity index (χ4n) is 5.04. The lowest BCUT2D eigenvalue weighted by Crippen LogP contribution is -2.63. The van der Waals surface area contributed by atoms with Crippen molar-refractivity contribution in [3.8, 4) is 11.3 Å². The Balaban J connectivity index is 1.48. The van der Waals surface area contributed by atoms with E-state index in [0.29, 0.717) is 42.8 Å². The molecule has 3 heterocycles. The van der Waals surface area contributed by atoms with Crippen LogP contribution in [-0.4, -0.2) is 63.0 Å². The van der Waals surface area contributed by atoms with Crippen LogP contribution in [0.5, 0.6) is 0 Å². The van der Waals surface area contributed by atoms with Gasteiger partial charge in [-0.2, -0.15) is 0 Å². The number of aliphatic hydroxyl groups is 1. The Morgan fingerprint density at radius 1 is 1.14 bits per heavy atom. The normalized spacial score (nSPS) is 19.4. The molecule has 1 saturated heterocycles. The van der Waals surface area contributed by atoms with Gasteiger partial charge in [-0.05, 0) is 68.9 Å². The summed E-state index contributed by atoms with van der Waals surface area (Å²) in [6, 6.07) is 9.91. The first-order valence-electron chi connectivity index (χ1n) is 12.5. The van der Waals surface area contributed by atoms with Crippen LogP contribution in [-0.2, 0) is 10.2 Å². The molecule has 1 saturated carbocycles. The Hall–Kier alpha value is -3.26. The summed E-state index contributed by atoms with van der Waals surface area (Å²) in [6.45, 7) is 8.77. The third-order valence-electron chi connectivity index (χ3n) is 7.61. The van der Waals surface area contributed by atoms with Gasteiger partial charge in [-0.3, -0.25) is 9.59 Å². The molecule has 1 atom stereocenters. The fraction of sp³-hybridized carbons (Fsp3) is 0.464. The van der Waals surface area contributed by atoms with Gasteiger partial charge in [0.1, 0.15) is 17.4 Å². The van der Waals surface area contributed by atoms with E-state index in [2.05, 4.69) is 6.92 Å². The summed E-state index contributed by atoms with van der Waals surface area (Å²) >= 11 is 0. The topological polar surface area (TPSA) is 86.9 Å². The van der Waals surface area contributed by atoms with Crippen LogP contribution in [0.3, 0.4) is 0 Å². The number of furan rings is 1. The van der Waals surface area contributed by atoms with E-state index in [1.165, 1.54) is 12.1 Å². The van der Waals surface area contributed by atoms with E-state index < -0.39 is 11.6 Å². The summed E-state index contributed by atoms with van der Waals surface area (Å²) in [5, 5.41) is 9.99. The Kier molecular flexibility index (Phi) is 5.90. The van der Waals surface area contributed by atoms with Gasteiger partial charge in [0.2, 0.25) is 0 Å². The highest BCUT2D eigenvalue weighted by Gasteiger charge is 2.43. The van der Waals surface area contributed by atoms with Gasteiger partial charge >= 0.3 is 0 Å². The van der Waals surface area contributed by atoms with Gasteiger partial charge in [0.15, 0.2) is 11.3 Å². The van der Waals surface area contributed by atoms with E-state index in [1.807, 2.05) is 19.9 Å². The van der Waals surface area contributed by atoms with Crippen LogP contribution in [0.2, 0.25) is 0 Å². The molecule has 0 spiro atoms. The third-order valence-corrected chi connectivity index (χ3v) is 7.61. The molecule has 2 aromatic heterocycles. The lowest BCUT2D eigenvalue weighted by molar-refractivity contribution is -0.144. The second-order valence-corrected chi connectivity index (χ2v) is 10.9. The zero-order valence-electron chi connectivity index (χ0n) is 21.2. The van der Waals surface area contributed by atoms with Crippen molar-refractivity contribution in [2.45, 2.75) is 64.0 Å². The number of carbonyl (C=O) groups excluding carboxylic acids is 2. The molecule has 2 fully saturated rings. The molecule has 0 radical (unpaired) electrons. The lowest BCUT2D eigenvalue weighted by atomic mass is 9.96. The summed E-state index contributed by atoms with van der Waals surface area (Å²) in [7, 11) is 0. The van der Waals surface area contributed by atoms with Crippen molar-refractivity contribution in [2.75, 3.05) is 19.6 Å². The van der Waals surface area contributed by atoms with Crippen LogP contribution in [0.1, 0.15) is 63.1 Å². The number of aliphatic hydroxyl groups excluding tert-OH is 1. The molecular weight excluding hydrogens is 461 g/mol. The summed E-state index contributed by atoms with van der Waals surface area (Å²) in [6.07, 6.45) is 1.37. The molecule has 1 aliphatic heterocycles. The van der Waals surface area contributed by atoms with Crippen LogP contribution in [0, 0.1) is 5.82 Å². The van der Waals surface area contributed by atoms with Gasteiger partial charge in [-0.25, -0.2) is 9.37 Å². The number of piperazine rings is 1. The highest BCUT2D eigenvalue weighted by Crippen LogP contribution is 2.50. The predicted octanol–water partition coefficient (Wildman–Crippen LogP) is 4.52. The molecule has 5 rings (SSSR count). The molecule has 1 aromatic carbocycles. The molecule has 0 bridgehead atoms. The second-order valence-electron chi connectivity index (χ2n) is 10.9. The zero-order valence-corrected chi connectivity index (χ0v) is 21.2. The highest BCUT2D eigenvalue weighted by atomic mass is 19.1. The van der Waals surface area contributed by atoms with Crippen molar-refractivity contribution in [3.63, 3.8) is 0 Å². The standard InChI is InChI=1S/C28H32FN3O4/c1-5-22(33)25(34)31-12-13-32(27(2,3)16-31)26(35)23-15-21-24(36-23)19(28(4)10-11-28)14-20(30-21)17-6-8-18(29)9-7-17/h6-9,14-15,22,33H,5,10-13,16H2,1-4H3/t22-/m1/s1. The number of hydrogen-bond donors (Lipinski definition) is 1. The van der Waals surface area contributed by atoms with Crippen LogP contribution < -0.4 is 0 Å². The summed E-state index contributed by atoms with van der Waals surface area (Å²) in [4.78, 5) is 34.3. The number of amides is 2. The number of aromatic nitrogens is 1. The van der Waals surface area contributed by atoms with E-state index in [0.717, 1.165) is 24.0 Å².